The number of ether oxygens (including phenoxy) is 1. The molecule has 0 aliphatic carbocycles. The Bertz CT molecular complexity index is 296. The van der Waals surface area contributed by atoms with Crippen LogP contribution >= 0.6 is 0 Å². The maximum atomic E-state index is 12.0. The summed E-state index contributed by atoms with van der Waals surface area (Å²) >= 11 is 0. The van der Waals surface area contributed by atoms with E-state index in [1.165, 1.54) is 0 Å². The van der Waals surface area contributed by atoms with Gasteiger partial charge in [0.05, 0.1) is 11.7 Å². The van der Waals surface area contributed by atoms with E-state index in [9.17, 15) is 4.79 Å². The zero-order chi connectivity index (χ0) is 13.2. The lowest BCUT2D eigenvalue weighted by Crippen LogP contribution is -2.58. The second-order valence-corrected chi connectivity index (χ2v) is 6.22. The molecule has 4 nitrogen and oxygen atoms in total. The third kappa shape index (κ3) is 3.23. The van der Waals surface area contributed by atoms with E-state index < -0.39 is 0 Å². The van der Waals surface area contributed by atoms with Crippen LogP contribution in [0.4, 0.5) is 0 Å². The molecule has 0 aromatic carbocycles. The molecular weight excluding hydrogens is 228 g/mol. The SMILES string of the molecule is CC(C)CC(=O)N1CCC2(CC1)CNCC(C)O2. The van der Waals surface area contributed by atoms with Gasteiger partial charge in [-0.2, -0.15) is 0 Å². The Morgan fingerprint density at radius 2 is 2.11 bits per heavy atom. The van der Waals surface area contributed by atoms with Gasteiger partial charge in [-0.3, -0.25) is 4.79 Å². The number of nitrogens with one attached hydrogen (secondary N) is 1. The molecule has 2 aliphatic heterocycles. The summed E-state index contributed by atoms with van der Waals surface area (Å²) in [5.74, 6) is 0.748. The summed E-state index contributed by atoms with van der Waals surface area (Å²) in [6.07, 6.45) is 2.89. The third-order valence-corrected chi connectivity index (χ3v) is 3.94. The van der Waals surface area contributed by atoms with Crippen LogP contribution in [0, 0.1) is 5.92 Å². The second-order valence-electron chi connectivity index (χ2n) is 6.22. The zero-order valence-electron chi connectivity index (χ0n) is 11.9. The minimum absolute atomic E-state index is 0.0216. The van der Waals surface area contributed by atoms with Crippen molar-refractivity contribution in [2.45, 2.75) is 51.7 Å². The summed E-state index contributed by atoms with van der Waals surface area (Å²) in [4.78, 5) is 14.0. The summed E-state index contributed by atoms with van der Waals surface area (Å²) in [5.41, 5.74) is -0.0216. The Hall–Kier alpha value is -0.610. The molecule has 18 heavy (non-hydrogen) atoms. The summed E-state index contributed by atoms with van der Waals surface area (Å²) in [6, 6.07) is 0. The number of morpholine rings is 1. The molecule has 1 atom stereocenters. The van der Waals surface area contributed by atoms with E-state index in [0.717, 1.165) is 39.0 Å². The fourth-order valence-corrected chi connectivity index (χ4v) is 2.95. The molecule has 2 fully saturated rings. The van der Waals surface area contributed by atoms with Crippen LogP contribution in [0.1, 0.15) is 40.0 Å². The standard InChI is InChI=1S/C14H26N2O2/c1-11(2)8-13(17)16-6-4-14(5-7-16)10-15-9-12(3)18-14/h11-12,15H,4-10H2,1-3H3. The van der Waals surface area contributed by atoms with Crippen molar-refractivity contribution in [1.29, 1.82) is 0 Å². The molecule has 0 saturated carbocycles. The number of hydrogen-bond donors (Lipinski definition) is 1. The monoisotopic (exact) mass is 254 g/mol. The van der Waals surface area contributed by atoms with Gasteiger partial charge in [-0.1, -0.05) is 13.8 Å². The minimum atomic E-state index is -0.0216. The first kappa shape index (κ1) is 13.8. The first-order valence-corrected chi connectivity index (χ1v) is 7.17. The molecule has 2 heterocycles. The molecule has 104 valence electrons. The highest BCUT2D eigenvalue weighted by Crippen LogP contribution is 2.29. The minimum Gasteiger partial charge on any atom is -0.369 e. The Morgan fingerprint density at radius 3 is 2.67 bits per heavy atom. The van der Waals surface area contributed by atoms with Crippen molar-refractivity contribution in [2.75, 3.05) is 26.2 Å². The predicted octanol–water partition coefficient (Wildman–Crippen LogP) is 1.40. The van der Waals surface area contributed by atoms with Crippen LogP contribution in [0.25, 0.3) is 0 Å². The number of likely N-dealkylation sites (tertiary alicyclic amines) is 1. The van der Waals surface area contributed by atoms with Gasteiger partial charge in [0.2, 0.25) is 5.91 Å². The van der Waals surface area contributed by atoms with E-state index in [-0.39, 0.29) is 11.7 Å². The first-order chi connectivity index (χ1) is 8.51. The lowest BCUT2D eigenvalue weighted by molar-refractivity contribution is -0.150. The molecule has 0 aromatic heterocycles. The van der Waals surface area contributed by atoms with Crippen LogP contribution in [0.15, 0.2) is 0 Å². The molecule has 1 N–H and O–H groups in total. The highest BCUT2D eigenvalue weighted by molar-refractivity contribution is 5.76. The first-order valence-electron chi connectivity index (χ1n) is 7.17. The van der Waals surface area contributed by atoms with Gasteiger partial charge in [0.15, 0.2) is 0 Å². The van der Waals surface area contributed by atoms with Crippen LogP contribution in [0.3, 0.4) is 0 Å². The highest BCUT2D eigenvalue weighted by atomic mass is 16.5. The number of rotatable bonds is 2. The summed E-state index contributed by atoms with van der Waals surface area (Å²) < 4.78 is 6.12. The Morgan fingerprint density at radius 1 is 1.44 bits per heavy atom. The van der Waals surface area contributed by atoms with Crippen molar-refractivity contribution in [3.05, 3.63) is 0 Å². The van der Waals surface area contributed by atoms with E-state index in [2.05, 4.69) is 26.1 Å². The maximum absolute atomic E-state index is 12.0. The predicted molar refractivity (Wildman–Crippen MR) is 71.4 cm³/mol. The van der Waals surface area contributed by atoms with Crippen molar-refractivity contribution in [3.8, 4) is 0 Å². The molecule has 1 unspecified atom stereocenters. The van der Waals surface area contributed by atoms with Crippen molar-refractivity contribution in [2.24, 2.45) is 5.92 Å². The molecule has 1 amide bonds. The Balaban J connectivity index is 1.85. The quantitative estimate of drug-likeness (QED) is 0.810. The lowest BCUT2D eigenvalue weighted by Gasteiger charge is -2.46. The number of nitrogens with zero attached hydrogens (tertiary/aromatic N) is 1. The smallest absolute Gasteiger partial charge is 0.222 e. The van der Waals surface area contributed by atoms with Crippen molar-refractivity contribution in [3.63, 3.8) is 0 Å². The fraction of sp³-hybridized carbons (Fsp3) is 0.929. The van der Waals surface area contributed by atoms with Crippen LogP contribution < -0.4 is 5.32 Å². The molecule has 0 aromatic rings. The largest absolute Gasteiger partial charge is 0.369 e. The third-order valence-electron chi connectivity index (χ3n) is 3.94. The van der Waals surface area contributed by atoms with E-state index >= 15 is 0 Å². The van der Waals surface area contributed by atoms with Crippen LogP contribution in [-0.2, 0) is 9.53 Å². The zero-order valence-corrected chi connectivity index (χ0v) is 11.9. The number of piperidine rings is 1. The maximum Gasteiger partial charge on any atom is 0.222 e. The highest BCUT2D eigenvalue weighted by Gasteiger charge is 2.39. The van der Waals surface area contributed by atoms with Gasteiger partial charge in [-0.25, -0.2) is 0 Å². The number of amides is 1. The van der Waals surface area contributed by atoms with Crippen LogP contribution in [-0.4, -0.2) is 48.7 Å². The van der Waals surface area contributed by atoms with Gasteiger partial charge in [0.25, 0.3) is 0 Å². The Labute approximate surface area is 110 Å². The Kier molecular flexibility index (Phi) is 4.28. The molecule has 2 rings (SSSR count). The molecular formula is C14H26N2O2. The van der Waals surface area contributed by atoms with Crippen molar-refractivity contribution >= 4 is 5.91 Å². The van der Waals surface area contributed by atoms with Crippen molar-refractivity contribution < 1.29 is 9.53 Å². The molecule has 1 spiro atoms. The number of hydrogen-bond acceptors (Lipinski definition) is 3. The molecule has 0 radical (unpaired) electrons. The molecule has 4 heteroatoms. The molecule has 2 aliphatic rings. The van der Waals surface area contributed by atoms with Crippen LogP contribution in [0.2, 0.25) is 0 Å². The van der Waals surface area contributed by atoms with Gasteiger partial charge >= 0.3 is 0 Å². The number of carbonyl (C=O) groups is 1. The van der Waals surface area contributed by atoms with Gasteiger partial charge in [-0.15, -0.1) is 0 Å². The van der Waals surface area contributed by atoms with Gasteiger partial charge in [-0.05, 0) is 25.7 Å². The fourth-order valence-electron chi connectivity index (χ4n) is 2.95. The molecule has 0 bridgehead atoms. The van der Waals surface area contributed by atoms with Gasteiger partial charge < -0.3 is 15.0 Å². The number of carbonyl (C=O) groups excluding carboxylic acids is 1. The lowest BCUT2D eigenvalue weighted by atomic mass is 9.89. The second kappa shape index (κ2) is 5.57. The topological polar surface area (TPSA) is 41.6 Å². The van der Waals surface area contributed by atoms with E-state index in [1.807, 2.05) is 4.90 Å². The summed E-state index contributed by atoms with van der Waals surface area (Å²) in [5, 5.41) is 3.44. The van der Waals surface area contributed by atoms with Crippen molar-refractivity contribution in [1.82, 2.24) is 10.2 Å². The average molecular weight is 254 g/mol. The average Bonchev–Trinajstić information content (AvgIpc) is 2.28. The summed E-state index contributed by atoms with van der Waals surface area (Å²) in [6.45, 7) is 9.88. The molecule has 2 saturated heterocycles. The normalized spacial score (nSPS) is 27.8. The summed E-state index contributed by atoms with van der Waals surface area (Å²) in [7, 11) is 0. The van der Waals surface area contributed by atoms with Gasteiger partial charge in [0, 0.05) is 32.6 Å². The van der Waals surface area contributed by atoms with Gasteiger partial charge in [0.1, 0.15) is 0 Å². The van der Waals surface area contributed by atoms with Crippen LogP contribution in [0.5, 0.6) is 0 Å². The van der Waals surface area contributed by atoms with E-state index in [0.29, 0.717) is 18.2 Å². The van der Waals surface area contributed by atoms with E-state index in [1.54, 1.807) is 0 Å². The van der Waals surface area contributed by atoms with E-state index in [4.69, 9.17) is 4.74 Å².